The third kappa shape index (κ3) is 2.33. The number of hydrogen-bond donors (Lipinski definition) is 1. The first-order valence-electron chi connectivity index (χ1n) is 5.98. The van der Waals surface area contributed by atoms with Gasteiger partial charge in [0.05, 0.1) is 0 Å². The molecule has 1 aromatic rings. The zero-order valence-corrected chi connectivity index (χ0v) is 10.5. The smallest absolute Gasteiger partial charge is 0.0426 e. The van der Waals surface area contributed by atoms with Gasteiger partial charge in [0, 0.05) is 23.8 Å². The highest BCUT2D eigenvalue weighted by atomic mass is 35.5. The molecular formula is C13H19ClN2. The van der Waals surface area contributed by atoms with E-state index >= 15 is 0 Å². The second kappa shape index (κ2) is 5.07. The van der Waals surface area contributed by atoms with Crippen LogP contribution in [0.5, 0.6) is 0 Å². The average molecular weight is 239 g/mol. The molecule has 1 aliphatic rings. The summed E-state index contributed by atoms with van der Waals surface area (Å²) in [5, 5.41) is 0.823. The Morgan fingerprint density at radius 2 is 2.31 bits per heavy atom. The average Bonchev–Trinajstić information content (AvgIpc) is 2.77. The van der Waals surface area contributed by atoms with Gasteiger partial charge >= 0.3 is 0 Å². The van der Waals surface area contributed by atoms with Crippen LogP contribution in [0.1, 0.15) is 18.9 Å². The molecule has 2 rings (SSSR count). The summed E-state index contributed by atoms with van der Waals surface area (Å²) in [5.41, 5.74) is 8.40. The molecule has 1 saturated heterocycles. The topological polar surface area (TPSA) is 29.3 Å². The van der Waals surface area contributed by atoms with Crippen LogP contribution in [-0.2, 0) is 6.42 Å². The number of hydrogen-bond acceptors (Lipinski definition) is 2. The first-order valence-corrected chi connectivity index (χ1v) is 6.35. The number of nitrogens with zero attached hydrogens (tertiary/aromatic N) is 1. The zero-order valence-electron chi connectivity index (χ0n) is 9.75. The zero-order chi connectivity index (χ0) is 11.5. The van der Waals surface area contributed by atoms with Gasteiger partial charge in [-0.05, 0) is 43.0 Å². The molecule has 0 unspecified atom stereocenters. The van der Waals surface area contributed by atoms with E-state index in [0.717, 1.165) is 31.1 Å². The lowest BCUT2D eigenvalue weighted by atomic mass is 10.1. The van der Waals surface area contributed by atoms with Gasteiger partial charge < -0.3 is 10.6 Å². The van der Waals surface area contributed by atoms with E-state index in [1.165, 1.54) is 17.7 Å². The van der Waals surface area contributed by atoms with Crippen LogP contribution in [0, 0.1) is 5.92 Å². The minimum Gasteiger partial charge on any atom is -0.371 e. The molecule has 2 N–H and O–H groups in total. The summed E-state index contributed by atoms with van der Waals surface area (Å²) in [4.78, 5) is 2.42. The van der Waals surface area contributed by atoms with E-state index in [-0.39, 0.29) is 0 Å². The standard InChI is InChI=1S/C13H19ClN2/c1-2-11-3-4-12(14)7-13(11)16-6-5-10(8-15)9-16/h3-4,7,10H,2,5-6,8-9,15H2,1H3/t10-/m1/s1. The predicted octanol–water partition coefficient (Wildman–Crippen LogP) is 2.69. The molecule has 88 valence electrons. The lowest BCUT2D eigenvalue weighted by molar-refractivity contribution is 0.602. The van der Waals surface area contributed by atoms with Crippen LogP contribution in [0.3, 0.4) is 0 Å². The first kappa shape index (κ1) is 11.7. The van der Waals surface area contributed by atoms with E-state index in [2.05, 4.69) is 24.0 Å². The molecule has 1 aromatic carbocycles. The summed E-state index contributed by atoms with van der Waals surface area (Å²) in [7, 11) is 0. The third-order valence-electron chi connectivity index (χ3n) is 3.39. The molecule has 0 spiro atoms. The Morgan fingerprint density at radius 3 is 2.94 bits per heavy atom. The van der Waals surface area contributed by atoms with Crippen molar-refractivity contribution in [3.8, 4) is 0 Å². The SMILES string of the molecule is CCc1ccc(Cl)cc1N1CC[C@H](CN)C1. The van der Waals surface area contributed by atoms with Gasteiger partial charge in [-0.1, -0.05) is 24.6 Å². The van der Waals surface area contributed by atoms with Gasteiger partial charge in [-0.25, -0.2) is 0 Å². The second-order valence-electron chi connectivity index (χ2n) is 4.46. The van der Waals surface area contributed by atoms with Gasteiger partial charge in [-0.15, -0.1) is 0 Å². The van der Waals surface area contributed by atoms with Crippen LogP contribution in [0.4, 0.5) is 5.69 Å². The fourth-order valence-electron chi connectivity index (χ4n) is 2.37. The lowest BCUT2D eigenvalue weighted by Gasteiger charge is -2.22. The molecule has 2 nitrogen and oxygen atoms in total. The van der Waals surface area contributed by atoms with Crippen LogP contribution in [0.25, 0.3) is 0 Å². The van der Waals surface area contributed by atoms with Crippen molar-refractivity contribution in [3.05, 3.63) is 28.8 Å². The van der Waals surface area contributed by atoms with Gasteiger partial charge in [0.2, 0.25) is 0 Å². The lowest BCUT2D eigenvalue weighted by Crippen LogP contribution is -2.23. The quantitative estimate of drug-likeness (QED) is 0.878. The van der Waals surface area contributed by atoms with Crippen molar-refractivity contribution in [2.75, 3.05) is 24.5 Å². The van der Waals surface area contributed by atoms with Crippen LogP contribution in [-0.4, -0.2) is 19.6 Å². The van der Waals surface area contributed by atoms with Gasteiger partial charge in [0.1, 0.15) is 0 Å². The molecule has 0 bridgehead atoms. The molecule has 0 radical (unpaired) electrons. The largest absolute Gasteiger partial charge is 0.371 e. The van der Waals surface area contributed by atoms with Crippen molar-refractivity contribution in [2.45, 2.75) is 19.8 Å². The molecule has 0 amide bonds. The minimum absolute atomic E-state index is 0.642. The number of halogens is 1. The van der Waals surface area contributed by atoms with Crippen molar-refractivity contribution >= 4 is 17.3 Å². The molecular weight excluding hydrogens is 220 g/mol. The van der Waals surface area contributed by atoms with E-state index in [4.69, 9.17) is 17.3 Å². The number of benzene rings is 1. The molecule has 3 heteroatoms. The van der Waals surface area contributed by atoms with Crippen molar-refractivity contribution in [3.63, 3.8) is 0 Å². The predicted molar refractivity (Wildman–Crippen MR) is 70.2 cm³/mol. The summed E-state index contributed by atoms with van der Waals surface area (Å²) in [6.45, 7) is 5.15. The Balaban J connectivity index is 2.22. The summed E-state index contributed by atoms with van der Waals surface area (Å²) in [6.07, 6.45) is 2.25. The van der Waals surface area contributed by atoms with Crippen LogP contribution >= 0.6 is 11.6 Å². The molecule has 1 fully saturated rings. The van der Waals surface area contributed by atoms with Gasteiger partial charge in [-0.3, -0.25) is 0 Å². The number of anilines is 1. The number of rotatable bonds is 3. The molecule has 0 aromatic heterocycles. The summed E-state index contributed by atoms with van der Waals surface area (Å²) in [6, 6.07) is 6.19. The monoisotopic (exact) mass is 238 g/mol. The third-order valence-corrected chi connectivity index (χ3v) is 3.62. The van der Waals surface area contributed by atoms with E-state index in [1.54, 1.807) is 0 Å². The molecule has 0 aliphatic carbocycles. The molecule has 1 aliphatic heterocycles. The highest BCUT2D eigenvalue weighted by Gasteiger charge is 2.22. The summed E-state index contributed by atoms with van der Waals surface area (Å²) in [5.74, 6) is 0.642. The van der Waals surface area contributed by atoms with Crippen molar-refractivity contribution in [1.82, 2.24) is 0 Å². The van der Waals surface area contributed by atoms with E-state index in [0.29, 0.717) is 5.92 Å². The molecule has 1 heterocycles. The van der Waals surface area contributed by atoms with Crippen LogP contribution < -0.4 is 10.6 Å². The second-order valence-corrected chi connectivity index (χ2v) is 4.90. The Hall–Kier alpha value is -0.730. The van der Waals surface area contributed by atoms with E-state index in [9.17, 15) is 0 Å². The van der Waals surface area contributed by atoms with Gasteiger partial charge in [0.25, 0.3) is 0 Å². The normalized spacial score (nSPS) is 20.4. The van der Waals surface area contributed by atoms with Crippen molar-refractivity contribution in [2.24, 2.45) is 11.7 Å². The van der Waals surface area contributed by atoms with Gasteiger partial charge in [0.15, 0.2) is 0 Å². The Labute approximate surface area is 102 Å². The fourth-order valence-corrected chi connectivity index (χ4v) is 2.54. The van der Waals surface area contributed by atoms with E-state index < -0.39 is 0 Å². The summed E-state index contributed by atoms with van der Waals surface area (Å²) >= 11 is 6.07. The Kier molecular flexibility index (Phi) is 3.72. The maximum Gasteiger partial charge on any atom is 0.0426 e. The molecule has 16 heavy (non-hydrogen) atoms. The maximum atomic E-state index is 6.07. The number of aryl methyl sites for hydroxylation is 1. The van der Waals surface area contributed by atoms with Crippen molar-refractivity contribution < 1.29 is 0 Å². The maximum absolute atomic E-state index is 6.07. The van der Waals surface area contributed by atoms with Crippen LogP contribution in [0.15, 0.2) is 18.2 Å². The molecule has 0 saturated carbocycles. The minimum atomic E-state index is 0.642. The number of nitrogens with two attached hydrogens (primary N) is 1. The highest BCUT2D eigenvalue weighted by Crippen LogP contribution is 2.29. The Morgan fingerprint density at radius 1 is 1.50 bits per heavy atom. The highest BCUT2D eigenvalue weighted by molar-refractivity contribution is 6.30. The van der Waals surface area contributed by atoms with E-state index in [1.807, 2.05) is 6.07 Å². The first-order chi connectivity index (χ1) is 7.74. The summed E-state index contributed by atoms with van der Waals surface area (Å²) < 4.78 is 0. The van der Waals surface area contributed by atoms with Gasteiger partial charge in [-0.2, -0.15) is 0 Å². The fraction of sp³-hybridized carbons (Fsp3) is 0.538. The molecule has 1 atom stereocenters. The van der Waals surface area contributed by atoms with Crippen LogP contribution in [0.2, 0.25) is 5.02 Å². The Bertz CT molecular complexity index is 365. The van der Waals surface area contributed by atoms with Crippen molar-refractivity contribution in [1.29, 1.82) is 0 Å².